The third-order valence-corrected chi connectivity index (χ3v) is 4.73. The molecule has 2 rings (SSSR count). The minimum Gasteiger partial charge on any atom is -0.345 e. The number of carbonyl (C=O) groups is 3. The van der Waals surface area contributed by atoms with E-state index < -0.39 is 5.91 Å². The summed E-state index contributed by atoms with van der Waals surface area (Å²) in [5.41, 5.74) is 0.866. The highest BCUT2D eigenvalue weighted by molar-refractivity contribution is 7.15. The van der Waals surface area contributed by atoms with Gasteiger partial charge in [0.1, 0.15) is 0 Å². The van der Waals surface area contributed by atoms with Gasteiger partial charge in [0.05, 0.1) is 23.7 Å². The van der Waals surface area contributed by atoms with Crippen LogP contribution in [0.2, 0.25) is 0 Å². The summed E-state index contributed by atoms with van der Waals surface area (Å²) >= 11 is 2.67. The van der Waals surface area contributed by atoms with Gasteiger partial charge in [-0.3, -0.25) is 14.4 Å². The van der Waals surface area contributed by atoms with Gasteiger partial charge in [0.25, 0.3) is 5.91 Å². The first kappa shape index (κ1) is 17.1. The molecule has 7 nitrogen and oxygen atoms in total. The molecule has 0 unspecified atom stereocenters. The van der Waals surface area contributed by atoms with E-state index in [1.54, 1.807) is 17.5 Å². The third kappa shape index (κ3) is 5.15. The molecule has 0 aromatic carbocycles. The van der Waals surface area contributed by atoms with E-state index in [9.17, 15) is 14.4 Å². The van der Waals surface area contributed by atoms with Crippen molar-refractivity contribution in [2.45, 2.75) is 13.8 Å². The van der Waals surface area contributed by atoms with Gasteiger partial charge in [-0.15, -0.1) is 22.7 Å². The number of anilines is 1. The highest BCUT2D eigenvalue weighted by Gasteiger charge is 2.11. The van der Waals surface area contributed by atoms with Gasteiger partial charge in [0, 0.05) is 4.88 Å². The highest BCUT2D eigenvalue weighted by atomic mass is 32.1. The molecular weight excluding hydrogens is 336 g/mol. The zero-order valence-electron chi connectivity index (χ0n) is 12.6. The number of aromatic nitrogens is 1. The van der Waals surface area contributed by atoms with E-state index in [0.29, 0.717) is 10.0 Å². The first-order chi connectivity index (χ1) is 11.0. The van der Waals surface area contributed by atoms with Crippen molar-refractivity contribution in [3.8, 4) is 0 Å². The van der Waals surface area contributed by atoms with Crippen molar-refractivity contribution in [3.05, 3.63) is 33.0 Å². The molecule has 0 bridgehead atoms. The van der Waals surface area contributed by atoms with Crippen LogP contribution in [0.5, 0.6) is 0 Å². The minimum absolute atomic E-state index is 0.175. The quantitative estimate of drug-likeness (QED) is 0.730. The molecule has 9 heteroatoms. The molecule has 2 aromatic heterocycles. The molecule has 3 amide bonds. The maximum absolute atomic E-state index is 11.7. The fourth-order valence-electron chi connectivity index (χ4n) is 1.59. The van der Waals surface area contributed by atoms with Crippen molar-refractivity contribution in [1.82, 2.24) is 15.6 Å². The third-order valence-electron chi connectivity index (χ3n) is 2.88. The number of nitrogens with zero attached hydrogens (tertiary/aromatic N) is 1. The topological polar surface area (TPSA) is 100 Å². The monoisotopic (exact) mass is 352 g/mol. The second-order valence-electron chi connectivity index (χ2n) is 4.65. The Morgan fingerprint density at radius 2 is 1.87 bits per heavy atom. The van der Waals surface area contributed by atoms with E-state index in [0.717, 1.165) is 10.6 Å². The van der Waals surface area contributed by atoms with Crippen LogP contribution in [0, 0.1) is 13.8 Å². The minimum atomic E-state index is -0.434. The number of rotatable bonds is 6. The zero-order chi connectivity index (χ0) is 16.8. The summed E-state index contributed by atoms with van der Waals surface area (Å²) in [5.74, 6) is -1.11. The Labute approximate surface area is 141 Å². The number of amides is 3. The maximum atomic E-state index is 11.7. The molecule has 0 saturated carbocycles. The average molecular weight is 352 g/mol. The van der Waals surface area contributed by atoms with Crippen LogP contribution in [0.15, 0.2) is 17.5 Å². The Hall–Kier alpha value is -2.26. The van der Waals surface area contributed by atoms with E-state index in [2.05, 4.69) is 20.9 Å². The normalized spacial score (nSPS) is 10.2. The summed E-state index contributed by atoms with van der Waals surface area (Å²) in [7, 11) is 0. The molecule has 0 spiro atoms. The Kier molecular flexibility index (Phi) is 5.83. The molecule has 23 heavy (non-hydrogen) atoms. The van der Waals surface area contributed by atoms with Gasteiger partial charge in [-0.05, 0) is 25.3 Å². The van der Waals surface area contributed by atoms with Gasteiger partial charge in [0.15, 0.2) is 5.13 Å². The number of nitrogens with one attached hydrogen (secondary N) is 3. The molecular formula is C14H16N4O3S2. The van der Waals surface area contributed by atoms with Crippen molar-refractivity contribution in [2.75, 3.05) is 18.4 Å². The van der Waals surface area contributed by atoms with E-state index in [4.69, 9.17) is 0 Å². The summed E-state index contributed by atoms with van der Waals surface area (Å²) in [4.78, 5) is 40.7. The van der Waals surface area contributed by atoms with Gasteiger partial charge in [-0.1, -0.05) is 6.07 Å². The molecule has 0 aliphatic rings. The molecule has 0 aliphatic carbocycles. The van der Waals surface area contributed by atoms with E-state index in [-0.39, 0.29) is 24.9 Å². The summed E-state index contributed by atoms with van der Waals surface area (Å²) in [6, 6.07) is 3.43. The number of thiazole rings is 1. The molecule has 0 aliphatic heterocycles. The SMILES string of the molecule is Cc1nc(NC(=O)CNC(=O)CNC(=O)c2cccs2)sc1C. The largest absolute Gasteiger partial charge is 0.345 e. The second kappa shape index (κ2) is 7.84. The molecule has 2 aromatic rings. The molecule has 0 fully saturated rings. The van der Waals surface area contributed by atoms with Gasteiger partial charge in [-0.25, -0.2) is 4.98 Å². The standard InChI is InChI=1S/C14H16N4O3S2/c1-8-9(2)23-14(17-8)18-12(20)7-15-11(19)6-16-13(21)10-4-3-5-22-10/h3-5H,6-7H2,1-2H3,(H,15,19)(H,16,21)(H,17,18,20). The summed E-state index contributed by atoms with van der Waals surface area (Å²) < 4.78 is 0. The lowest BCUT2D eigenvalue weighted by atomic mass is 10.4. The average Bonchev–Trinajstić information content (AvgIpc) is 3.13. The fraction of sp³-hybridized carbons (Fsp3) is 0.286. The number of carbonyl (C=O) groups excluding carboxylic acids is 3. The van der Waals surface area contributed by atoms with Crippen LogP contribution in [0.1, 0.15) is 20.2 Å². The van der Waals surface area contributed by atoms with Crippen LogP contribution in [-0.4, -0.2) is 35.8 Å². The lowest BCUT2D eigenvalue weighted by Crippen LogP contribution is -2.40. The lowest BCUT2D eigenvalue weighted by molar-refractivity contribution is -0.123. The van der Waals surface area contributed by atoms with E-state index in [1.165, 1.54) is 22.7 Å². The van der Waals surface area contributed by atoms with Crippen molar-refractivity contribution in [2.24, 2.45) is 0 Å². The first-order valence-electron chi connectivity index (χ1n) is 6.78. The van der Waals surface area contributed by atoms with E-state index in [1.807, 2.05) is 13.8 Å². The first-order valence-corrected chi connectivity index (χ1v) is 8.47. The Balaban J connectivity index is 1.69. The van der Waals surface area contributed by atoms with Crippen LogP contribution in [0.3, 0.4) is 0 Å². The zero-order valence-corrected chi connectivity index (χ0v) is 14.3. The summed E-state index contributed by atoms with van der Waals surface area (Å²) in [6.45, 7) is 3.42. The van der Waals surface area contributed by atoms with Crippen LogP contribution in [0.25, 0.3) is 0 Å². The molecule has 2 heterocycles. The fourth-order valence-corrected chi connectivity index (χ4v) is 3.06. The number of thiophene rings is 1. The molecule has 3 N–H and O–H groups in total. The van der Waals surface area contributed by atoms with Gasteiger partial charge in [-0.2, -0.15) is 0 Å². The molecule has 0 saturated heterocycles. The highest BCUT2D eigenvalue weighted by Crippen LogP contribution is 2.20. The van der Waals surface area contributed by atoms with Crippen LogP contribution in [0.4, 0.5) is 5.13 Å². The predicted octanol–water partition coefficient (Wildman–Crippen LogP) is 1.31. The van der Waals surface area contributed by atoms with Crippen LogP contribution < -0.4 is 16.0 Å². The Morgan fingerprint density at radius 3 is 2.48 bits per heavy atom. The van der Waals surface area contributed by atoms with Gasteiger partial charge in [0.2, 0.25) is 11.8 Å². The Morgan fingerprint density at radius 1 is 1.13 bits per heavy atom. The maximum Gasteiger partial charge on any atom is 0.261 e. The lowest BCUT2D eigenvalue weighted by Gasteiger charge is -2.06. The van der Waals surface area contributed by atoms with E-state index >= 15 is 0 Å². The molecule has 0 atom stereocenters. The Bertz CT molecular complexity index is 690. The summed E-state index contributed by atoms with van der Waals surface area (Å²) in [5, 5.41) is 9.82. The molecule has 0 radical (unpaired) electrons. The van der Waals surface area contributed by atoms with Crippen molar-refractivity contribution >= 4 is 45.5 Å². The van der Waals surface area contributed by atoms with Gasteiger partial charge < -0.3 is 16.0 Å². The number of hydrogen-bond acceptors (Lipinski definition) is 6. The van der Waals surface area contributed by atoms with Crippen molar-refractivity contribution < 1.29 is 14.4 Å². The number of hydrogen-bond donors (Lipinski definition) is 3. The second-order valence-corrected chi connectivity index (χ2v) is 6.80. The van der Waals surface area contributed by atoms with Gasteiger partial charge >= 0.3 is 0 Å². The van der Waals surface area contributed by atoms with Crippen LogP contribution in [-0.2, 0) is 9.59 Å². The van der Waals surface area contributed by atoms with Crippen molar-refractivity contribution in [3.63, 3.8) is 0 Å². The number of aryl methyl sites for hydroxylation is 2. The van der Waals surface area contributed by atoms with Crippen LogP contribution >= 0.6 is 22.7 Å². The smallest absolute Gasteiger partial charge is 0.261 e. The molecule has 122 valence electrons. The predicted molar refractivity (Wildman–Crippen MR) is 89.9 cm³/mol. The van der Waals surface area contributed by atoms with Crippen molar-refractivity contribution in [1.29, 1.82) is 0 Å². The summed E-state index contributed by atoms with van der Waals surface area (Å²) in [6.07, 6.45) is 0.